The third-order valence-electron chi connectivity index (χ3n) is 6.46. The Morgan fingerprint density at radius 1 is 1.09 bits per heavy atom. The van der Waals surface area contributed by atoms with Gasteiger partial charge in [-0.1, -0.05) is 48.5 Å². The standard InChI is InChI=1S/C25H24N4O5/c1-29-22(11-21(28-29)24(31)32)27-23(30)19-10-14(19)12-26-25(33)34-13-20-17-8-4-2-6-15(17)16-7-3-5-9-18(16)20/h2-9,11,14,19-20H,10,12-13H2,1H3,(H,26,33)(H,27,30)(H,31,32). The van der Waals surface area contributed by atoms with Gasteiger partial charge < -0.3 is 20.5 Å². The molecule has 2 aliphatic carbocycles. The predicted octanol–water partition coefficient (Wildman–Crippen LogP) is 3.23. The summed E-state index contributed by atoms with van der Waals surface area (Å²) in [7, 11) is 1.56. The number of ether oxygens (including phenoxy) is 1. The number of nitrogens with one attached hydrogen (secondary N) is 2. The Labute approximate surface area is 195 Å². The smallest absolute Gasteiger partial charge is 0.407 e. The van der Waals surface area contributed by atoms with Crippen LogP contribution in [0.15, 0.2) is 54.6 Å². The molecular weight excluding hydrogens is 436 g/mol. The predicted molar refractivity (Wildman–Crippen MR) is 123 cm³/mol. The lowest BCUT2D eigenvalue weighted by atomic mass is 9.98. The number of carbonyl (C=O) groups excluding carboxylic acids is 2. The van der Waals surface area contributed by atoms with E-state index in [1.165, 1.54) is 21.9 Å². The summed E-state index contributed by atoms with van der Waals surface area (Å²) in [5, 5.41) is 18.3. The van der Waals surface area contributed by atoms with Crippen molar-refractivity contribution in [2.45, 2.75) is 12.3 Å². The Kier molecular flexibility index (Phi) is 5.53. The monoisotopic (exact) mass is 460 g/mol. The largest absolute Gasteiger partial charge is 0.476 e. The molecule has 0 bridgehead atoms. The van der Waals surface area contributed by atoms with E-state index in [4.69, 9.17) is 9.84 Å². The Bertz CT molecular complexity index is 1240. The SMILES string of the molecule is Cn1nc(C(=O)O)cc1NC(=O)C1CC1CNC(=O)OCC1c2ccccc2-c2ccccc21. The molecule has 2 amide bonds. The van der Waals surface area contributed by atoms with Crippen molar-refractivity contribution in [2.75, 3.05) is 18.5 Å². The van der Waals surface area contributed by atoms with Crippen LogP contribution in [0.25, 0.3) is 11.1 Å². The molecule has 2 atom stereocenters. The minimum Gasteiger partial charge on any atom is -0.476 e. The molecule has 2 aromatic carbocycles. The molecule has 0 spiro atoms. The minimum atomic E-state index is -1.16. The van der Waals surface area contributed by atoms with Gasteiger partial charge in [-0.15, -0.1) is 0 Å². The van der Waals surface area contributed by atoms with Crippen LogP contribution in [0.2, 0.25) is 0 Å². The number of carbonyl (C=O) groups is 3. The minimum absolute atomic E-state index is 0.00709. The van der Waals surface area contributed by atoms with E-state index in [0.717, 1.165) is 11.1 Å². The highest BCUT2D eigenvalue weighted by Gasteiger charge is 2.43. The maximum Gasteiger partial charge on any atom is 0.407 e. The highest BCUT2D eigenvalue weighted by Crippen LogP contribution is 2.44. The van der Waals surface area contributed by atoms with Crippen molar-refractivity contribution in [3.63, 3.8) is 0 Å². The molecule has 0 aliphatic heterocycles. The molecule has 5 rings (SSSR count). The van der Waals surface area contributed by atoms with Gasteiger partial charge >= 0.3 is 12.1 Å². The molecule has 9 heteroatoms. The molecule has 3 N–H and O–H groups in total. The number of rotatable bonds is 7. The number of aromatic carboxylic acids is 1. The molecule has 1 fully saturated rings. The third kappa shape index (κ3) is 4.12. The van der Waals surface area contributed by atoms with E-state index in [-0.39, 0.29) is 36.0 Å². The summed E-state index contributed by atoms with van der Waals surface area (Å²) in [5.74, 6) is -1.32. The summed E-state index contributed by atoms with van der Waals surface area (Å²) in [6.07, 6.45) is 0.129. The Balaban J connectivity index is 1.11. The zero-order valence-corrected chi connectivity index (χ0v) is 18.5. The van der Waals surface area contributed by atoms with Crippen LogP contribution < -0.4 is 10.6 Å². The molecular formula is C25H24N4O5. The maximum absolute atomic E-state index is 12.5. The summed E-state index contributed by atoms with van der Waals surface area (Å²) in [6.45, 7) is 0.571. The molecule has 9 nitrogen and oxygen atoms in total. The summed E-state index contributed by atoms with van der Waals surface area (Å²) in [5.41, 5.74) is 4.50. The van der Waals surface area contributed by atoms with Gasteiger partial charge in [-0.05, 0) is 34.6 Å². The zero-order valence-electron chi connectivity index (χ0n) is 18.5. The number of aromatic nitrogens is 2. The molecule has 1 heterocycles. The first-order chi connectivity index (χ1) is 16.4. The molecule has 1 saturated carbocycles. The first-order valence-electron chi connectivity index (χ1n) is 11.1. The molecule has 3 aromatic rings. The van der Waals surface area contributed by atoms with E-state index in [9.17, 15) is 14.4 Å². The number of amides is 2. The maximum atomic E-state index is 12.5. The van der Waals surface area contributed by atoms with E-state index in [2.05, 4.69) is 40.0 Å². The molecule has 2 unspecified atom stereocenters. The number of carboxylic acids is 1. The van der Waals surface area contributed by atoms with Crippen LogP contribution in [0.3, 0.4) is 0 Å². The van der Waals surface area contributed by atoms with Crippen LogP contribution in [-0.4, -0.2) is 46.0 Å². The number of benzene rings is 2. The average molecular weight is 460 g/mol. The van der Waals surface area contributed by atoms with Gasteiger partial charge in [0.05, 0.1) is 0 Å². The molecule has 2 aliphatic rings. The third-order valence-corrected chi connectivity index (χ3v) is 6.46. The van der Waals surface area contributed by atoms with E-state index < -0.39 is 12.1 Å². The number of anilines is 1. The van der Waals surface area contributed by atoms with Gasteiger partial charge in [0.15, 0.2) is 5.69 Å². The van der Waals surface area contributed by atoms with Crippen molar-refractivity contribution in [1.82, 2.24) is 15.1 Å². The van der Waals surface area contributed by atoms with E-state index >= 15 is 0 Å². The van der Waals surface area contributed by atoms with Crippen molar-refractivity contribution in [3.05, 3.63) is 71.4 Å². The quantitative estimate of drug-likeness (QED) is 0.498. The van der Waals surface area contributed by atoms with E-state index in [0.29, 0.717) is 18.8 Å². The number of hydrogen-bond acceptors (Lipinski definition) is 5. The lowest BCUT2D eigenvalue weighted by molar-refractivity contribution is -0.117. The molecule has 34 heavy (non-hydrogen) atoms. The first kappa shape index (κ1) is 21.7. The number of carboxylic acid groups (broad SMARTS) is 1. The van der Waals surface area contributed by atoms with Crippen molar-refractivity contribution >= 4 is 23.8 Å². The second-order valence-corrected chi connectivity index (χ2v) is 8.64. The Morgan fingerprint density at radius 3 is 2.35 bits per heavy atom. The Hall–Kier alpha value is -4.14. The van der Waals surface area contributed by atoms with Gasteiger partial charge in [-0.2, -0.15) is 5.10 Å². The van der Waals surface area contributed by atoms with E-state index in [1.54, 1.807) is 7.05 Å². The van der Waals surface area contributed by atoms with Crippen molar-refractivity contribution in [3.8, 4) is 11.1 Å². The second-order valence-electron chi connectivity index (χ2n) is 8.64. The Morgan fingerprint density at radius 2 is 1.74 bits per heavy atom. The van der Waals surface area contributed by atoms with Gasteiger partial charge in [0.25, 0.3) is 0 Å². The molecule has 0 saturated heterocycles. The summed E-state index contributed by atoms with van der Waals surface area (Å²) in [6, 6.07) is 17.6. The molecule has 0 radical (unpaired) electrons. The molecule has 174 valence electrons. The number of fused-ring (bicyclic) bond motifs is 3. The second kappa shape index (κ2) is 8.66. The van der Waals surface area contributed by atoms with Gasteiger partial charge in [-0.25, -0.2) is 9.59 Å². The van der Waals surface area contributed by atoms with Crippen LogP contribution in [0, 0.1) is 11.8 Å². The fraction of sp³-hybridized carbons (Fsp3) is 0.280. The van der Waals surface area contributed by atoms with Gasteiger partial charge in [-0.3, -0.25) is 9.48 Å². The topological polar surface area (TPSA) is 123 Å². The van der Waals surface area contributed by atoms with Crippen LogP contribution in [0.4, 0.5) is 10.6 Å². The fourth-order valence-electron chi connectivity index (χ4n) is 4.57. The normalized spacial score (nSPS) is 18.0. The number of aryl methyl sites for hydroxylation is 1. The summed E-state index contributed by atoms with van der Waals surface area (Å²) >= 11 is 0. The fourth-order valence-corrected chi connectivity index (χ4v) is 4.57. The van der Waals surface area contributed by atoms with Crippen molar-refractivity contribution in [2.24, 2.45) is 18.9 Å². The van der Waals surface area contributed by atoms with Gasteiger partial charge in [0.2, 0.25) is 5.91 Å². The number of alkyl carbamates (subject to hydrolysis) is 1. The van der Waals surface area contributed by atoms with Gasteiger partial charge in [0, 0.05) is 31.5 Å². The summed E-state index contributed by atoms with van der Waals surface area (Å²) in [4.78, 5) is 35.8. The zero-order chi connectivity index (χ0) is 23.8. The lowest BCUT2D eigenvalue weighted by Crippen LogP contribution is -2.29. The van der Waals surface area contributed by atoms with Crippen LogP contribution in [0.1, 0.15) is 34.0 Å². The summed E-state index contributed by atoms with van der Waals surface area (Å²) < 4.78 is 6.85. The number of hydrogen-bond donors (Lipinski definition) is 3. The average Bonchev–Trinajstić information content (AvgIpc) is 3.43. The highest BCUT2D eigenvalue weighted by atomic mass is 16.5. The van der Waals surface area contributed by atoms with Crippen LogP contribution in [-0.2, 0) is 16.6 Å². The first-order valence-corrected chi connectivity index (χ1v) is 11.1. The van der Waals surface area contributed by atoms with Crippen LogP contribution >= 0.6 is 0 Å². The lowest BCUT2D eigenvalue weighted by Gasteiger charge is -2.14. The van der Waals surface area contributed by atoms with Crippen LogP contribution in [0.5, 0.6) is 0 Å². The van der Waals surface area contributed by atoms with Crippen molar-refractivity contribution < 1.29 is 24.2 Å². The number of nitrogens with zero attached hydrogens (tertiary/aromatic N) is 2. The van der Waals surface area contributed by atoms with Gasteiger partial charge in [0.1, 0.15) is 12.4 Å². The molecule has 1 aromatic heterocycles. The van der Waals surface area contributed by atoms with E-state index in [1.807, 2.05) is 24.3 Å². The highest BCUT2D eigenvalue weighted by molar-refractivity contribution is 5.95. The van der Waals surface area contributed by atoms with Crippen molar-refractivity contribution in [1.29, 1.82) is 0 Å².